The molecule has 3 fully saturated rings. The Morgan fingerprint density at radius 2 is 1.61 bits per heavy atom. The van der Waals surface area contributed by atoms with Gasteiger partial charge in [0.2, 0.25) is 0 Å². The highest BCUT2D eigenvalue weighted by molar-refractivity contribution is 5.31. The van der Waals surface area contributed by atoms with E-state index in [0.717, 1.165) is 37.7 Å². The molecular formula is C26H40F4O3. The topological polar surface area (TPSA) is 60.7 Å². The Bertz CT molecular complexity index is 767. The average molecular weight is 477 g/mol. The molecule has 4 aliphatic carbocycles. The van der Waals surface area contributed by atoms with E-state index in [1.165, 1.54) is 0 Å². The first-order valence-electron chi connectivity index (χ1n) is 12.8. The first-order chi connectivity index (χ1) is 15.3. The van der Waals surface area contributed by atoms with Crippen molar-refractivity contribution in [3.05, 3.63) is 11.4 Å². The van der Waals surface area contributed by atoms with Gasteiger partial charge in [0.15, 0.2) is 0 Å². The third kappa shape index (κ3) is 4.18. The van der Waals surface area contributed by atoms with E-state index in [-0.39, 0.29) is 53.2 Å². The Morgan fingerprint density at radius 3 is 2.27 bits per heavy atom. The average Bonchev–Trinajstić information content (AvgIpc) is 3.09. The van der Waals surface area contributed by atoms with E-state index in [1.807, 2.05) is 0 Å². The summed E-state index contributed by atoms with van der Waals surface area (Å²) in [5, 5.41) is 30.1. The standard InChI is InChI=1S/C26H40F4O3/c1-14(5-4-6-21(32)26(28,29)30)15-7-8-16-22-17(9-11-24(15,16)2)25(3)12-10-20(31)23(33)18(25)13-19(22)27/h14-18,20-21,23,31-33H,4-13H2,1-3H3/t14-,15-,16+,17+,18+,20+,21?,23-,24-,25-/m1/s1. The maximum Gasteiger partial charge on any atom is 0.414 e. The van der Waals surface area contributed by atoms with E-state index in [9.17, 15) is 28.5 Å². The fourth-order valence-electron chi connectivity index (χ4n) is 8.55. The Balaban J connectivity index is 1.50. The first kappa shape index (κ1) is 25.4. The van der Waals surface area contributed by atoms with E-state index < -0.39 is 24.5 Å². The summed E-state index contributed by atoms with van der Waals surface area (Å²) in [4.78, 5) is 0. The molecule has 0 aromatic carbocycles. The molecule has 0 aliphatic heterocycles. The van der Waals surface area contributed by atoms with Crippen molar-refractivity contribution in [2.24, 2.45) is 40.4 Å². The molecule has 3 nitrogen and oxygen atoms in total. The van der Waals surface area contributed by atoms with E-state index in [1.54, 1.807) is 0 Å². The Kier molecular flexibility index (Phi) is 6.76. The molecule has 0 saturated heterocycles. The highest BCUT2D eigenvalue weighted by Crippen LogP contribution is 2.68. The van der Waals surface area contributed by atoms with Crippen LogP contribution in [0.5, 0.6) is 0 Å². The van der Waals surface area contributed by atoms with Crippen molar-refractivity contribution in [3.63, 3.8) is 0 Å². The van der Waals surface area contributed by atoms with E-state index >= 15 is 4.39 Å². The molecule has 4 rings (SSSR count). The van der Waals surface area contributed by atoms with Crippen LogP contribution in [-0.4, -0.2) is 39.8 Å². The number of hydrogen-bond donors (Lipinski definition) is 3. The van der Waals surface area contributed by atoms with Crippen LogP contribution in [0.3, 0.4) is 0 Å². The Labute approximate surface area is 194 Å². The summed E-state index contributed by atoms with van der Waals surface area (Å²) >= 11 is 0. The van der Waals surface area contributed by atoms with Crippen LogP contribution in [0.1, 0.15) is 85.0 Å². The molecule has 3 saturated carbocycles. The van der Waals surface area contributed by atoms with Crippen molar-refractivity contribution in [1.29, 1.82) is 0 Å². The van der Waals surface area contributed by atoms with Crippen LogP contribution in [0, 0.1) is 40.4 Å². The monoisotopic (exact) mass is 476 g/mol. The molecule has 0 amide bonds. The van der Waals surface area contributed by atoms with Crippen LogP contribution in [0.2, 0.25) is 0 Å². The number of aliphatic hydroxyl groups excluding tert-OH is 3. The highest BCUT2D eigenvalue weighted by Gasteiger charge is 2.61. The van der Waals surface area contributed by atoms with Gasteiger partial charge < -0.3 is 15.3 Å². The van der Waals surface area contributed by atoms with Crippen molar-refractivity contribution in [3.8, 4) is 0 Å². The first-order valence-corrected chi connectivity index (χ1v) is 12.8. The third-order valence-electron chi connectivity index (χ3n) is 10.5. The van der Waals surface area contributed by atoms with Gasteiger partial charge >= 0.3 is 6.18 Å². The van der Waals surface area contributed by atoms with Gasteiger partial charge in [-0.1, -0.05) is 33.6 Å². The molecule has 0 aromatic rings. The Hall–Kier alpha value is -0.660. The molecule has 7 heteroatoms. The summed E-state index contributed by atoms with van der Waals surface area (Å²) < 4.78 is 53.5. The third-order valence-corrected chi connectivity index (χ3v) is 10.5. The lowest BCUT2D eigenvalue weighted by molar-refractivity contribution is -0.205. The van der Waals surface area contributed by atoms with E-state index in [0.29, 0.717) is 25.2 Å². The predicted octanol–water partition coefficient (Wildman–Crippen LogP) is 5.92. The molecule has 3 N–H and O–H groups in total. The van der Waals surface area contributed by atoms with Gasteiger partial charge in [-0.25, -0.2) is 4.39 Å². The minimum atomic E-state index is -4.56. The number of hydrogen-bond acceptors (Lipinski definition) is 3. The van der Waals surface area contributed by atoms with Crippen molar-refractivity contribution in [2.45, 2.75) is 109 Å². The van der Waals surface area contributed by atoms with Gasteiger partial charge in [0.25, 0.3) is 0 Å². The number of halogens is 4. The van der Waals surface area contributed by atoms with Gasteiger partial charge in [0.1, 0.15) is 11.9 Å². The van der Waals surface area contributed by atoms with Gasteiger partial charge in [-0.05, 0) is 90.9 Å². The molecule has 0 radical (unpaired) electrons. The van der Waals surface area contributed by atoms with Crippen molar-refractivity contribution >= 4 is 0 Å². The van der Waals surface area contributed by atoms with Crippen LogP contribution < -0.4 is 0 Å². The van der Waals surface area contributed by atoms with Gasteiger partial charge in [-0.2, -0.15) is 13.2 Å². The molecular weight excluding hydrogens is 436 g/mol. The molecule has 10 atom stereocenters. The number of alkyl halides is 3. The minimum Gasteiger partial charge on any atom is -0.390 e. The zero-order valence-corrected chi connectivity index (χ0v) is 20.0. The molecule has 33 heavy (non-hydrogen) atoms. The fraction of sp³-hybridized carbons (Fsp3) is 0.923. The Morgan fingerprint density at radius 1 is 0.970 bits per heavy atom. The van der Waals surface area contributed by atoms with Crippen molar-refractivity contribution < 1.29 is 32.9 Å². The quantitative estimate of drug-likeness (QED) is 0.432. The molecule has 190 valence electrons. The lowest BCUT2D eigenvalue weighted by Crippen LogP contribution is -2.55. The summed E-state index contributed by atoms with van der Waals surface area (Å²) in [6.07, 6.45) is -2.56. The van der Waals surface area contributed by atoms with Gasteiger partial charge in [-0.3, -0.25) is 0 Å². The lowest BCUT2D eigenvalue weighted by Gasteiger charge is -2.59. The molecule has 0 spiro atoms. The smallest absolute Gasteiger partial charge is 0.390 e. The van der Waals surface area contributed by atoms with E-state index in [2.05, 4.69) is 20.8 Å². The summed E-state index contributed by atoms with van der Waals surface area (Å²) in [6, 6.07) is 0. The molecule has 0 bridgehead atoms. The normalized spacial score (nSPS) is 45.3. The second kappa shape index (κ2) is 8.77. The number of aliphatic hydroxyl groups is 3. The molecule has 1 unspecified atom stereocenters. The predicted molar refractivity (Wildman–Crippen MR) is 118 cm³/mol. The SMILES string of the molecule is C[C@H](CCCC(O)C(F)(F)F)[C@H]1CC[C@H]2C3=C(F)C[C@H]4[C@@H](O)[C@@H](O)CC[C@]4(C)[C@H]3CC[C@]12C. The molecule has 4 aliphatic rings. The second-order valence-corrected chi connectivity index (χ2v) is 12.1. The second-order valence-electron chi connectivity index (χ2n) is 12.1. The van der Waals surface area contributed by atoms with Crippen LogP contribution in [-0.2, 0) is 0 Å². The van der Waals surface area contributed by atoms with Crippen LogP contribution in [0.25, 0.3) is 0 Å². The van der Waals surface area contributed by atoms with E-state index in [4.69, 9.17) is 0 Å². The fourth-order valence-corrected chi connectivity index (χ4v) is 8.55. The largest absolute Gasteiger partial charge is 0.414 e. The van der Waals surface area contributed by atoms with Crippen molar-refractivity contribution in [2.75, 3.05) is 0 Å². The number of fused-ring (bicyclic) bond motifs is 5. The van der Waals surface area contributed by atoms with Crippen LogP contribution in [0.15, 0.2) is 11.4 Å². The maximum absolute atomic E-state index is 15.7. The summed E-state index contributed by atoms with van der Waals surface area (Å²) in [7, 11) is 0. The maximum atomic E-state index is 15.7. The summed E-state index contributed by atoms with van der Waals surface area (Å²) in [6.45, 7) is 6.53. The van der Waals surface area contributed by atoms with Crippen molar-refractivity contribution in [1.82, 2.24) is 0 Å². The van der Waals surface area contributed by atoms with Gasteiger partial charge in [-0.15, -0.1) is 0 Å². The molecule has 0 aromatic heterocycles. The van der Waals surface area contributed by atoms with Gasteiger partial charge in [0.05, 0.1) is 12.2 Å². The van der Waals surface area contributed by atoms with Gasteiger partial charge in [0, 0.05) is 6.42 Å². The number of rotatable bonds is 5. The van der Waals surface area contributed by atoms with Crippen LogP contribution >= 0.6 is 0 Å². The van der Waals surface area contributed by atoms with Crippen LogP contribution in [0.4, 0.5) is 17.6 Å². The lowest BCUT2D eigenvalue weighted by atomic mass is 9.47. The number of allylic oxidation sites excluding steroid dienone is 2. The minimum absolute atomic E-state index is 0.0682. The molecule has 0 heterocycles. The highest BCUT2D eigenvalue weighted by atomic mass is 19.4. The zero-order chi connectivity index (χ0) is 24.3. The summed E-state index contributed by atoms with van der Waals surface area (Å²) in [5.41, 5.74) is 0.678. The zero-order valence-electron chi connectivity index (χ0n) is 20.0. The summed E-state index contributed by atoms with van der Waals surface area (Å²) in [5.74, 6) is 0.442.